The van der Waals surface area contributed by atoms with E-state index >= 15 is 0 Å². The smallest absolute Gasteiger partial charge is 0.418 e. The molecule has 1 heterocycles. The molecule has 1 aliphatic heterocycles. The molecule has 0 bridgehead atoms. The zero-order valence-corrected chi connectivity index (χ0v) is 18.9. The number of amides is 2. The summed E-state index contributed by atoms with van der Waals surface area (Å²) in [5, 5.41) is 0. The van der Waals surface area contributed by atoms with Gasteiger partial charge in [0.15, 0.2) is 5.60 Å². The molecule has 2 atom stereocenters. The van der Waals surface area contributed by atoms with Crippen LogP contribution in [0, 0.1) is 0 Å². The first-order chi connectivity index (χ1) is 16.6. The van der Waals surface area contributed by atoms with Crippen LogP contribution in [0.2, 0.25) is 0 Å². The number of hydrogen-bond donors (Lipinski definition) is 0. The molecule has 0 N–H and O–H groups in total. The molecule has 34 heavy (non-hydrogen) atoms. The van der Waals surface area contributed by atoms with Crippen LogP contribution in [0.25, 0.3) is 0 Å². The van der Waals surface area contributed by atoms with Crippen molar-refractivity contribution in [3.63, 3.8) is 0 Å². The molecular formula is C30H25NO3. The lowest BCUT2D eigenvalue weighted by atomic mass is 9.77. The van der Waals surface area contributed by atoms with Crippen molar-refractivity contribution in [3.05, 3.63) is 144 Å². The fourth-order valence-electron chi connectivity index (χ4n) is 4.83. The molecule has 0 radical (unpaired) electrons. The van der Waals surface area contributed by atoms with E-state index in [4.69, 9.17) is 4.74 Å². The third kappa shape index (κ3) is 3.57. The van der Waals surface area contributed by atoms with Crippen molar-refractivity contribution in [1.29, 1.82) is 0 Å². The molecule has 4 aromatic rings. The van der Waals surface area contributed by atoms with Crippen molar-refractivity contribution >= 4 is 12.0 Å². The van der Waals surface area contributed by atoms with E-state index in [-0.39, 0.29) is 5.91 Å². The van der Waals surface area contributed by atoms with Crippen LogP contribution in [0.1, 0.15) is 41.1 Å². The van der Waals surface area contributed by atoms with Gasteiger partial charge >= 0.3 is 6.09 Å². The summed E-state index contributed by atoms with van der Waals surface area (Å²) in [4.78, 5) is 28.8. The van der Waals surface area contributed by atoms with Crippen LogP contribution >= 0.6 is 0 Å². The molecule has 4 aromatic carbocycles. The highest BCUT2D eigenvalue weighted by Gasteiger charge is 2.59. The van der Waals surface area contributed by atoms with Gasteiger partial charge in [0.2, 0.25) is 5.91 Å². The molecule has 0 aromatic heterocycles. The third-order valence-electron chi connectivity index (χ3n) is 6.52. The average Bonchev–Trinajstić information content (AvgIpc) is 3.23. The Morgan fingerprint density at radius 1 is 0.735 bits per heavy atom. The summed E-state index contributed by atoms with van der Waals surface area (Å²) < 4.78 is 6.27. The fourth-order valence-corrected chi connectivity index (χ4v) is 4.83. The Hall–Kier alpha value is -4.18. The number of ether oxygens (including phenoxy) is 1. The summed E-state index contributed by atoms with van der Waals surface area (Å²) in [7, 11) is 0. The molecule has 1 fully saturated rings. The van der Waals surface area contributed by atoms with Crippen LogP contribution in [0.3, 0.4) is 0 Å². The molecular weight excluding hydrogens is 422 g/mol. The maximum Gasteiger partial charge on any atom is 0.418 e. The average molecular weight is 448 g/mol. The second-order valence-corrected chi connectivity index (χ2v) is 8.49. The number of carbonyl (C=O) groups excluding carboxylic acids is 2. The summed E-state index contributed by atoms with van der Waals surface area (Å²) in [6.07, 6.45) is -0.644. The maximum absolute atomic E-state index is 13.9. The molecule has 1 aliphatic rings. The zero-order chi connectivity index (χ0) is 23.5. The Bertz CT molecular complexity index is 1230. The predicted molar refractivity (Wildman–Crippen MR) is 131 cm³/mol. The van der Waals surface area contributed by atoms with Crippen molar-refractivity contribution in [3.8, 4) is 0 Å². The highest BCUT2D eigenvalue weighted by molar-refractivity contribution is 5.98. The number of hydrogen-bond acceptors (Lipinski definition) is 3. The standard InChI is InChI=1S/C30H25NO3/c1-22(23-14-6-2-7-15-23)28(32)31-27(24-16-8-3-9-17-24)30(34-29(31)33,25-18-10-4-11-19-25)26-20-12-5-13-21-26/h2-22,27H,1H3/t22-,27-/m0/s1. The van der Waals surface area contributed by atoms with Crippen molar-refractivity contribution in [1.82, 2.24) is 4.90 Å². The van der Waals surface area contributed by atoms with Crippen molar-refractivity contribution < 1.29 is 14.3 Å². The number of cyclic esters (lactones) is 1. The van der Waals surface area contributed by atoms with Gasteiger partial charge in [0.25, 0.3) is 0 Å². The van der Waals surface area contributed by atoms with E-state index in [0.29, 0.717) is 0 Å². The lowest BCUT2D eigenvalue weighted by molar-refractivity contribution is -0.131. The van der Waals surface area contributed by atoms with Gasteiger partial charge in [-0.05, 0) is 18.1 Å². The predicted octanol–water partition coefficient (Wildman–Crippen LogP) is 6.45. The summed E-state index contributed by atoms with van der Waals surface area (Å²) in [5.74, 6) is -0.805. The summed E-state index contributed by atoms with van der Waals surface area (Å²) in [6, 6.07) is 37.8. The van der Waals surface area contributed by atoms with Gasteiger partial charge in [-0.1, -0.05) is 121 Å². The first-order valence-electron chi connectivity index (χ1n) is 11.4. The quantitative estimate of drug-likeness (QED) is 0.353. The first-order valence-corrected chi connectivity index (χ1v) is 11.4. The van der Waals surface area contributed by atoms with Gasteiger partial charge in [0.05, 0.1) is 5.92 Å². The minimum Gasteiger partial charge on any atom is -0.430 e. The van der Waals surface area contributed by atoms with Crippen molar-refractivity contribution in [2.75, 3.05) is 0 Å². The van der Waals surface area contributed by atoms with Gasteiger partial charge in [-0.3, -0.25) is 4.79 Å². The van der Waals surface area contributed by atoms with Crippen LogP contribution in [-0.4, -0.2) is 16.9 Å². The number of carbonyl (C=O) groups is 2. The second-order valence-electron chi connectivity index (χ2n) is 8.49. The normalized spacial score (nSPS) is 17.7. The van der Waals surface area contributed by atoms with Gasteiger partial charge in [0.1, 0.15) is 6.04 Å². The van der Waals surface area contributed by atoms with Gasteiger partial charge in [-0.15, -0.1) is 0 Å². The van der Waals surface area contributed by atoms with E-state index in [0.717, 1.165) is 22.3 Å². The Kier molecular flexibility index (Phi) is 5.72. The topological polar surface area (TPSA) is 46.6 Å². The monoisotopic (exact) mass is 447 g/mol. The van der Waals surface area contributed by atoms with Crippen molar-refractivity contribution in [2.24, 2.45) is 0 Å². The highest BCUT2D eigenvalue weighted by Crippen LogP contribution is 2.53. The molecule has 2 amide bonds. The molecule has 0 spiro atoms. The zero-order valence-electron chi connectivity index (χ0n) is 18.9. The van der Waals surface area contributed by atoms with Crippen LogP contribution in [-0.2, 0) is 15.1 Å². The van der Waals surface area contributed by atoms with E-state index in [2.05, 4.69) is 0 Å². The van der Waals surface area contributed by atoms with E-state index < -0.39 is 23.7 Å². The molecule has 0 saturated carbocycles. The van der Waals surface area contributed by atoms with Crippen LogP contribution in [0.5, 0.6) is 0 Å². The molecule has 1 saturated heterocycles. The lowest BCUT2D eigenvalue weighted by Gasteiger charge is -2.36. The van der Waals surface area contributed by atoms with Crippen molar-refractivity contribution in [2.45, 2.75) is 24.5 Å². The molecule has 4 nitrogen and oxygen atoms in total. The Morgan fingerprint density at radius 3 is 1.68 bits per heavy atom. The minimum atomic E-state index is -1.19. The first kappa shape index (κ1) is 21.7. The molecule has 0 unspecified atom stereocenters. The highest BCUT2D eigenvalue weighted by atomic mass is 16.6. The number of rotatable bonds is 5. The van der Waals surface area contributed by atoms with Crippen LogP contribution in [0.15, 0.2) is 121 Å². The third-order valence-corrected chi connectivity index (χ3v) is 6.52. The number of benzene rings is 4. The molecule has 168 valence electrons. The molecule has 4 heteroatoms. The largest absolute Gasteiger partial charge is 0.430 e. The second kappa shape index (κ2) is 8.99. The maximum atomic E-state index is 13.9. The van der Waals surface area contributed by atoms with Gasteiger partial charge in [-0.2, -0.15) is 0 Å². The summed E-state index contributed by atoms with van der Waals surface area (Å²) in [6.45, 7) is 1.83. The summed E-state index contributed by atoms with van der Waals surface area (Å²) in [5.41, 5.74) is 2.11. The van der Waals surface area contributed by atoms with Crippen LogP contribution < -0.4 is 0 Å². The Morgan fingerprint density at radius 2 is 1.18 bits per heavy atom. The van der Waals surface area contributed by atoms with E-state index in [9.17, 15) is 9.59 Å². The Balaban J connectivity index is 1.73. The molecule has 0 aliphatic carbocycles. The number of nitrogens with zero attached hydrogens (tertiary/aromatic N) is 1. The fraction of sp³-hybridized carbons (Fsp3) is 0.133. The lowest BCUT2D eigenvalue weighted by Crippen LogP contribution is -2.41. The van der Waals surface area contributed by atoms with E-state index in [1.807, 2.05) is 128 Å². The van der Waals surface area contributed by atoms with E-state index in [1.54, 1.807) is 0 Å². The van der Waals surface area contributed by atoms with Gasteiger partial charge in [0, 0.05) is 11.1 Å². The Labute approximate surface area is 199 Å². The van der Waals surface area contributed by atoms with Gasteiger partial charge in [-0.25, -0.2) is 9.69 Å². The number of imide groups is 1. The van der Waals surface area contributed by atoms with Crippen LogP contribution in [0.4, 0.5) is 4.79 Å². The summed E-state index contributed by atoms with van der Waals surface area (Å²) >= 11 is 0. The van der Waals surface area contributed by atoms with E-state index in [1.165, 1.54) is 4.90 Å². The molecule has 5 rings (SSSR count). The SMILES string of the molecule is C[C@H](C(=O)N1C(=O)OC(c2ccccc2)(c2ccccc2)[C@@H]1c1ccccc1)c1ccccc1. The minimum absolute atomic E-state index is 0.293. The van der Waals surface area contributed by atoms with Gasteiger partial charge < -0.3 is 4.74 Å².